The van der Waals surface area contributed by atoms with Crippen molar-refractivity contribution in [3.8, 4) is 17.2 Å². The van der Waals surface area contributed by atoms with E-state index in [0.29, 0.717) is 11.6 Å². The van der Waals surface area contributed by atoms with E-state index in [1.54, 1.807) is 6.20 Å². The molecule has 0 atom stereocenters. The van der Waals surface area contributed by atoms with Crippen molar-refractivity contribution >= 4 is 11.8 Å². The lowest BCUT2D eigenvalue weighted by Crippen LogP contribution is -2.65. The molecule has 0 radical (unpaired) electrons. The number of fused-ring (bicyclic) bond motifs is 1. The molecule has 0 unspecified atom stereocenters. The lowest BCUT2D eigenvalue weighted by Gasteiger charge is -2.59. The van der Waals surface area contributed by atoms with Crippen LogP contribution in [0.3, 0.4) is 0 Å². The summed E-state index contributed by atoms with van der Waals surface area (Å²) in [5, 5.41) is 0. The molecular weight excluding hydrogens is 463 g/mol. The van der Waals surface area contributed by atoms with E-state index < -0.39 is 11.8 Å². The number of esters is 1. The van der Waals surface area contributed by atoms with Gasteiger partial charge < -0.3 is 19.1 Å². The maximum atomic E-state index is 13.7. The normalized spacial score (nSPS) is 18.4. The zero-order valence-electron chi connectivity index (χ0n) is 20.2. The number of anilines is 1. The smallest absolute Gasteiger partial charge is 0.341 e. The number of ether oxygens (including phenoxy) is 3. The summed E-state index contributed by atoms with van der Waals surface area (Å²) in [5.74, 6) is 1.02. The van der Waals surface area contributed by atoms with E-state index in [2.05, 4.69) is 45.0 Å². The first-order chi connectivity index (χ1) is 17.4. The molecule has 3 aromatic rings. The highest BCUT2D eigenvalue weighted by atomic mass is 19.1. The minimum absolute atomic E-state index is 0.00459. The third-order valence-electron chi connectivity index (χ3n) is 7.29. The first-order valence-corrected chi connectivity index (χ1v) is 12.0. The molecule has 0 N–H and O–H groups in total. The van der Waals surface area contributed by atoms with Crippen LogP contribution in [0.5, 0.6) is 17.2 Å². The molecule has 3 aliphatic rings. The van der Waals surface area contributed by atoms with Gasteiger partial charge in [-0.2, -0.15) is 0 Å². The van der Waals surface area contributed by atoms with E-state index >= 15 is 0 Å². The van der Waals surface area contributed by atoms with E-state index in [4.69, 9.17) is 14.2 Å². The molecule has 2 fully saturated rings. The minimum Gasteiger partial charge on any atom is -0.490 e. The zero-order valence-corrected chi connectivity index (χ0v) is 20.2. The highest BCUT2D eigenvalue weighted by molar-refractivity contribution is 5.92. The molecule has 6 rings (SSSR count). The summed E-state index contributed by atoms with van der Waals surface area (Å²) in [6.45, 7) is 3.57. The Hall–Kier alpha value is -3.72. The Morgan fingerprint density at radius 1 is 1.11 bits per heavy atom. The fraction of sp³-hybridized carbons (Fsp3) is 0.370. The van der Waals surface area contributed by atoms with Gasteiger partial charge in [0.1, 0.15) is 35.3 Å². The van der Waals surface area contributed by atoms with Gasteiger partial charge in [0.25, 0.3) is 0 Å². The van der Waals surface area contributed by atoms with Gasteiger partial charge >= 0.3 is 5.97 Å². The zero-order chi connectivity index (χ0) is 24.9. The van der Waals surface area contributed by atoms with Crippen LogP contribution in [0.15, 0.2) is 48.9 Å². The maximum Gasteiger partial charge on any atom is 0.341 e. The molecule has 186 valence electrons. The predicted molar refractivity (Wildman–Crippen MR) is 130 cm³/mol. The fourth-order valence-corrected chi connectivity index (χ4v) is 5.61. The first kappa shape index (κ1) is 22.7. The molecule has 0 bridgehead atoms. The predicted octanol–water partition coefficient (Wildman–Crippen LogP) is 4.19. The van der Waals surface area contributed by atoms with Crippen LogP contribution in [0.4, 0.5) is 10.2 Å². The third-order valence-corrected chi connectivity index (χ3v) is 7.29. The third kappa shape index (κ3) is 4.03. The van der Waals surface area contributed by atoms with Crippen LogP contribution in [-0.2, 0) is 17.8 Å². The lowest BCUT2D eigenvalue weighted by atomic mass is 9.61. The summed E-state index contributed by atoms with van der Waals surface area (Å²) in [6, 6.07) is 10.1. The van der Waals surface area contributed by atoms with E-state index in [0.717, 1.165) is 50.8 Å². The molecule has 3 heterocycles. The number of carbonyl (C=O) groups excluding carboxylic acids is 1. The lowest BCUT2D eigenvalue weighted by molar-refractivity contribution is -0.0349. The van der Waals surface area contributed by atoms with Gasteiger partial charge in [-0.1, -0.05) is 12.1 Å². The topological polar surface area (TPSA) is 77.0 Å². The number of nitrogens with zero attached hydrogens (tertiary/aromatic N) is 4. The number of rotatable bonds is 6. The van der Waals surface area contributed by atoms with Gasteiger partial charge in [-0.05, 0) is 49.7 Å². The number of methoxy groups -OCH3 is 1. The minimum atomic E-state index is -0.679. The van der Waals surface area contributed by atoms with Gasteiger partial charge in [-0.3, -0.25) is 4.90 Å². The fourth-order valence-electron chi connectivity index (χ4n) is 5.61. The molecule has 1 saturated carbocycles. The van der Waals surface area contributed by atoms with Crippen molar-refractivity contribution in [2.45, 2.75) is 32.0 Å². The van der Waals surface area contributed by atoms with Crippen LogP contribution in [0, 0.1) is 11.2 Å². The number of hydrogen-bond acceptors (Lipinski definition) is 8. The quantitative estimate of drug-likeness (QED) is 0.476. The van der Waals surface area contributed by atoms with Crippen LogP contribution in [0.25, 0.3) is 0 Å². The molecule has 1 saturated heterocycles. The first-order valence-electron chi connectivity index (χ1n) is 12.0. The Kier molecular flexibility index (Phi) is 5.52. The van der Waals surface area contributed by atoms with E-state index in [1.165, 1.54) is 36.7 Å². The van der Waals surface area contributed by atoms with Gasteiger partial charge in [-0.25, -0.2) is 19.2 Å². The number of hydrogen-bond donors (Lipinski definition) is 0. The maximum absolute atomic E-state index is 13.7. The van der Waals surface area contributed by atoms with Crippen molar-refractivity contribution in [2.75, 3.05) is 32.1 Å². The van der Waals surface area contributed by atoms with Crippen molar-refractivity contribution in [1.82, 2.24) is 14.9 Å². The highest BCUT2D eigenvalue weighted by Gasteiger charge is 2.54. The Labute approximate surface area is 208 Å². The van der Waals surface area contributed by atoms with Crippen molar-refractivity contribution in [2.24, 2.45) is 5.41 Å². The number of aromatic nitrogens is 2. The highest BCUT2D eigenvalue weighted by Crippen LogP contribution is 2.52. The van der Waals surface area contributed by atoms with Crippen LogP contribution in [0.2, 0.25) is 0 Å². The second-order valence-corrected chi connectivity index (χ2v) is 10.0. The molecule has 36 heavy (non-hydrogen) atoms. The molecule has 8 nitrogen and oxygen atoms in total. The van der Waals surface area contributed by atoms with Crippen LogP contribution >= 0.6 is 0 Å². The van der Waals surface area contributed by atoms with Crippen LogP contribution in [0.1, 0.15) is 34.3 Å². The number of halogens is 1. The molecule has 2 aliphatic heterocycles. The van der Waals surface area contributed by atoms with Crippen molar-refractivity contribution in [3.63, 3.8) is 0 Å². The molecule has 9 heteroatoms. The van der Waals surface area contributed by atoms with Crippen molar-refractivity contribution < 1.29 is 23.4 Å². The molecule has 1 aromatic heterocycles. The Morgan fingerprint density at radius 3 is 2.75 bits per heavy atom. The van der Waals surface area contributed by atoms with Crippen LogP contribution in [-0.4, -0.2) is 54.2 Å². The summed E-state index contributed by atoms with van der Waals surface area (Å²) in [6.07, 6.45) is 5.23. The van der Waals surface area contributed by atoms with Gasteiger partial charge in [0.05, 0.1) is 13.3 Å². The Balaban J connectivity index is 1.11. The number of benzene rings is 2. The summed E-state index contributed by atoms with van der Waals surface area (Å²) in [5.41, 5.74) is 2.87. The molecule has 1 spiro atoms. The largest absolute Gasteiger partial charge is 0.490 e. The van der Waals surface area contributed by atoms with E-state index in [9.17, 15) is 9.18 Å². The monoisotopic (exact) mass is 490 g/mol. The molecule has 1 aliphatic carbocycles. The Bertz CT molecular complexity index is 1320. The van der Waals surface area contributed by atoms with Gasteiger partial charge in [-0.15, -0.1) is 0 Å². The summed E-state index contributed by atoms with van der Waals surface area (Å²) in [7, 11) is 3.37. The van der Waals surface area contributed by atoms with E-state index in [-0.39, 0.29) is 22.8 Å². The van der Waals surface area contributed by atoms with Gasteiger partial charge in [0.15, 0.2) is 11.6 Å². The second kappa shape index (κ2) is 8.74. The molecule has 2 aromatic carbocycles. The second-order valence-electron chi connectivity index (χ2n) is 10.0. The summed E-state index contributed by atoms with van der Waals surface area (Å²) >= 11 is 0. The SMILES string of the molecule is COC(=O)c1cc(F)ccc1Oc1cncnc1N1CC2(CC(Oc3cccc4c3CN(C)C4)C2)C1. The van der Waals surface area contributed by atoms with Crippen molar-refractivity contribution in [3.05, 3.63) is 71.4 Å². The average molecular weight is 491 g/mol. The summed E-state index contributed by atoms with van der Waals surface area (Å²) in [4.78, 5) is 25.1. The molecular formula is C27H27FN4O4. The van der Waals surface area contributed by atoms with Crippen molar-refractivity contribution in [1.29, 1.82) is 0 Å². The van der Waals surface area contributed by atoms with Crippen LogP contribution < -0.4 is 14.4 Å². The number of carbonyl (C=O) groups is 1. The van der Waals surface area contributed by atoms with Gasteiger partial charge in [0, 0.05) is 37.2 Å². The van der Waals surface area contributed by atoms with E-state index in [1.807, 2.05) is 0 Å². The molecule has 0 amide bonds. The standard InChI is InChI=1S/C27H27FN4O4/c1-31-12-17-4-3-5-22(21(17)13-31)35-19-9-27(10-19)14-32(15-27)25-24(11-29-16-30-25)36-23-7-6-18(28)8-20(23)26(33)34-2/h3-8,11,16,19H,9-10,12-15H2,1-2H3. The Morgan fingerprint density at radius 2 is 1.94 bits per heavy atom. The average Bonchev–Trinajstić information content (AvgIpc) is 3.22. The summed E-state index contributed by atoms with van der Waals surface area (Å²) < 4.78 is 30.9. The van der Waals surface area contributed by atoms with Gasteiger partial charge in [0.2, 0.25) is 0 Å².